The molecule has 0 spiro atoms. The second-order valence-corrected chi connectivity index (χ2v) is 5.11. The van der Waals surface area contributed by atoms with Gasteiger partial charge in [-0.3, -0.25) is 4.55 Å². The summed E-state index contributed by atoms with van der Waals surface area (Å²) in [7, 11) is -4.50. The topological polar surface area (TPSA) is 101 Å². The van der Waals surface area contributed by atoms with Gasteiger partial charge in [-0.1, -0.05) is 24.3 Å². The Balaban J connectivity index is 2.72. The zero-order valence-electron chi connectivity index (χ0n) is 9.24. The molecule has 4 N–H and O–H groups in total. The Morgan fingerprint density at radius 1 is 1.00 bits per heavy atom. The number of nitrogen functional groups attached to an aromatic ring is 1. The predicted octanol–water partition coefficient (Wildman–Crippen LogP) is 1.89. The molecule has 0 aliphatic carbocycles. The van der Waals surface area contributed by atoms with Gasteiger partial charge in [0.25, 0.3) is 10.1 Å². The fourth-order valence-corrected chi connectivity index (χ4v) is 2.48. The zero-order chi connectivity index (χ0) is 13.3. The quantitative estimate of drug-likeness (QED) is 0.568. The van der Waals surface area contributed by atoms with Crippen LogP contribution in [0, 0.1) is 0 Å². The molecule has 0 saturated heterocycles. The fraction of sp³-hybridized carbons (Fsp3) is 0. The minimum atomic E-state index is -4.50. The van der Waals surface area contributed by atoms with Gasteiger partial charge in [0, 0.05) is 11.3 Å². The van der Waals surface area contributed by atoms with Crippen LogP contribution in [0.15, 0.2) is 47.4 Å². The number of benzene rings is 2. The van der Waals surface area contributed by atoms with Crippen LogP contribution in [0.25, 0.3) is 11.1 Å². The minimum absolute atomic E-state index is 0.220. The summed E-state index contributed by atoms with van der Waals surface area (Å²) in [6.07, 6.45) is 0. The van der Waals surface area contributed by atoms with Crippen LogP contribution < -0.4 is 5.73 Å². The van der Waals surface area contributed by atoms with Gasteiger partial charge in [0.05, 0.1) is 0 Å². The van der Waals surface area contributed by atoms with Crippen LogP contribution in [0.5, 0.6) is 5.75 Å². The lowest BCUT2D eigenvalue weighted by Crippen LogP contribution is -2.01. The van der Waals surface area contributed by atoms with Gasteiger partial charge < -0.3 is 10.8 Å². The Morgan fingerprint density at radius 2 is 1.61 bits per heavy atom. The number of phenols is 1. The van der Waals surface area contributed by atoms with E-state index < -0.39 is 20.8 Å². The second-order valence-electron chi connectivity index (χ2n) is 3.75. The van der Waals surface area contributed by atoms with Crippen molar-refractivity contribution in [1.82, 2.24) is 0 Å². The van der Waals surface area contributed by atoms with E-state index >= 15 is 0 Å². The maximum Gasteiger partial charge on any atom is 0.298 e. The first-order chi connectivity index (χ1) is 8.39. The molecule has 0 amide bonds. The number of aromatic hydroxyl groups is 1. The molecule has 6 heteroatoms. The van der Waals surface area contributed by atoms with E-state index in [0.29, 0.717) is 11.3 Å². The molecule has 2 aromatic rings. The summed E-state index contributed by atoms with van der Waals surface area (Å²) in [5.74, 6) is -0.494. The van der Waals surface area contributed by atoms with Crippen molar-refractivity contribution in [3.05, 3.63) is 42.5 Å². The largest absolute Gasteiger partial charge is 0.506 e. The van der Waals surface area contributed by atoms with E-state index in [-0.39, 0.29) is 5.56 Å². The zero-order valence-corrected chi connectivity index (χ0v) is 10.1. The molecule has 0 heterocycles. The van der Waals surface area contributed by atoms with E-state index in [0.717, 1.165) is 0 Å². The Kier molecular flexibility index (Phi) is 2.98. The molecule has 0 aliphatic rings. The number of hydrogen-bond acceptors (Lipinski definition) is 4. The van der Waals surface area contributed by atoms with E-state index in [4.69, 9.17) is 10.3 Å². The van der Waals surface area contributed by atoms with Gasteiger partial charge in [0.2, 0.25) is 0 Å². The fourth-order valence-electron chi connectivity index (χ4n) is 1.69. The number of phenolic OH excluding ortho intramolecular Hbond substituents is 1. The van der Waals surface area contributed by atoms with Crippen LogP contribution in [-0.2, 0) is 10.1 Å². The van der Waals surface area contributed by atoms with Gasteiger partial charge >= 0.3 is 0 Å². The highest BCUT2D eigenvalue weighted by molar-refractivity contribution is 7.86. The maximum atomic E-state index is 11.3. The monoisotopic (exact) mass is 265 g/mol. The Bertz CT molecular complexity index is 678. The van der Waals surface area contributed by atoms with Crippen molar-refractivity contribution in [2.45, 2.75) is 4.90 Å². The normalized spacial score (nSPS) is 11.4. The maximum absolute atomic E-state index is 11.3. The smallest absolute Gasteiger partial charge is 0.298 e. The molecule has 0 fully saturated rings. The lowest BCUT2D eigenvalue weighted by Gasteiger charge is -2.09. The molecular weight excluding hydrogens is 254 g/mol. The molecule has 0 aliphatic heterocycles. The summed E-state index contributed by atoms with van der Waals surface area (Å²) in [6, 6.07) is 10.6. The lowest BCUT2D eigenvalue weighted by atomic mass is 10.1. The first-order valence-electron chi connectivity index (χ1n) is 5.05. The first kappa shape index (κ1) is 12.4. The Labute approximate surface area is 104 Å². The van der Waals surface area contributed by atoms with Crippen molar-refractivity contribution in [2.75, 3.05) is 5.73 Å². The Hall–Kier alpha value is -2.05. The van der Waals surface area contributed by atoms with Crippen LogP contribution in [0.1, 0.15) is 0 Å². The second kappa shape index (κ2) is 4.32. The van der Waals surface area contributed by atoms with Gasteiger partial charge in [-0.2, -0.15) is 8.42 Å². The SMILES string of the molecule is Nc1ccc(-c2cccc(O)c2S(=O)(=O)O)cc1. The van der Waals surface area contributed by atoms with Crippen LogP contribution in [0.2, 0.25) is 0 Å². The number of anilines is 1. The lowest BCUT2D eigenvalue weighted by molar-refractivity contribution is 0.444. The molecule has 2 aromatic carbocycles. The first-order valence-corrected chi connectivity index (χ1v) is 6.49. The highest BCUT2D eigenvalue weighted by atomic mass is 32.2. The average Bonchev–Trinajstić information content (AvgIpc) is 2.28. The standard InChI is InChI=1S/C12H11NO4S/c13-9-6-4-8(5-7-9)10-2-1-3-11(14)12(10)18(15,16)17/h1-7,14H,13H2,(H,15,16,17). The molecule has 2 rings (SSSR count). The van der Waals surface area contributed by atoms with Crippen LogP contribution in [0.3, 0.4) is 0 Å². The third kappa shape index (κ3) is 2.29. The van der Waals surface area contributed by atoms with E-state index in [9.17, 15) is 13.5 Å². The van der Waals surface area contributed by atoms with E-state index in [2.05, 4.69) is 0 Å². The number of nitrogens with two attached hydrogens (primary N) is 1. The predicted molar refractivity (Wildman–Crippen MR) is 67.8 cm³/mol. The molecule has 94 valence electrons. The van der Waals surface area contributed by atoms with Gasteiger partial charge in [0.15, 0.2) is 0 Å². The summed E-state index contributed by atoms with van der Waals surface area (Å²) in [5, 5.41) is 9.58. The molecule has 0 aromatic heterocycles. The molecule has 0 bridgehead atoms. The van der Waals surface area contributed by atoms with Crippen LogP contribution >= 0.6 is 0 Å². The third-order valence-electron chi connectivity index (χ3n) is 2.47. The molecule has 0 atom stereocenters. The van der Waals surface area contributed by atoms with Crippen molar-refractivity contribution in [3.8, 4) is 16.9 Å². The molecule has 0 saturated carbocycles. The average molecular weight is 265 g/mol. The number of rotatable bonds is 2. The van der Waals surface area contributed by atoms with Crippen molar-refractivity contribution in [1.29, 1.82) is 0 Å². The van der Waals surface area contributed by atoms with Gasteiger partial charge in [-0.15, -0.1) is 0 Å². The minimum Gasteiger partial charge on any atom is -0.506 e. The summed E-state index contributed by atoms with van der Waals surface area (Å²) in [5.41, 5.74) is 6.83. The highest BCUT2D eigenvalue weighted by Crippen LogP contribution is 2.33. The summed E-state index contributed by atoms with van der Waals surface area (Å²) in [4.78, 5) is -0.505. The van der Waals surface area contributed by atoms with E-state index in [1.54, 1.807) is 24.3 Å². The molecule has 5 nitrogen and oxygen atoms in total. The molecule has 0 radical (unpaired) electrons. The van der Waals surface area contributed by atoms with E-state index in [1.165, 1.54) is 18.2 Å². The van der Waals surface area contributed by atoms with Gasteiger partial charge in [0.1, 0.15) is 10.6 Å². The molecule has 18 heavy (non-hydrogen) atoms. The highest BCUT2D eigenvalue weighted by Gasteiger charge is 2.20. The summed E-state index contributed by atoms with van der Waals surface area (Å²) >= 11 is 0. The third-order valence-corrected chi connectivity index (χ3v) is 3.42. The van der Waals surface area contributed by atoms with Crippen molar-refractivity contribution >= 4 is 15.8 Å². The Morgan fingerprint density at radius 3 is 2.17 bits per heavy atom. The van der Waals surface area contributed by atoms with Crippen molar-refractivity contribution in [3.63, 3.8) is 0 Å². The van der Waals surface area contributed by atoms with Crippen LogP contribution in [0.4, 0.5) is 5.69 Å². The van der Waals surface area contributed by atoms with Crippen molar-refractivity contribution < 1.29 is 18.1 Å². The summed E-state index contributed by atoms with van der Waals surface area (Å²) in [6.45, 7) is 0. The number of hydrogen-bond donors (Lipinski definition) is 3. The van der Waals surface area contributed by atoms with Gasteiger partial charge in [-0.25, -0.2) is 0 Å². The van der Waals surface area contributed by atoms with E-state index in [1.807, 2.05) is 0 Å². The van der Waals surface area contributed by atoms with Crippen LogP contribution in [-0.4, -0.2) is 18.1 Å². The summed E-state index contributed by atoms with van der Waals surface area (Å²) < 4.78 is 31.7. The molecule has 0 unspecified atom stereocenters. The van der Waals surface area contributed by atoms with Crippen molar-refractivity contribution in [2.24, 2.45) is 0 Å². The van der Waals surface area contributed by atoms with Gasteiger partial charge in [-0.05, 0) is 23.8 Å². The molecular formula is C12H11NO4S.